The minimum absolute atomic E-state index is 0.0535. The Balaban J connectivity index is 1.39. The van der Waals surface area contributed by atoms with E-state index in [1.54, 1.807) is 17.7 Å². The molecule has 0 spiro atoms. The molecule has 0 bridgehead atoms. The van der Waals surface area contributed by atoms with Gasteiger partial charge < -0.3 is 5.32 Å². The second-order valence-electron chi connectivity index (χ2n) is 9.02. The van der Waals surface area contributed by atoms with Crippen molar-refractivity contribution in [3.63, 3.8) is 0 Å². The van der Waals surface area contributed by atoms with Crippen molar-refractivity contribution in [1.82, 2.24) is 19.8 Å². The zero-order valence-corrected chi connectivity index (χ0v) is 18.2. The quantitative estimate of drug-likeness (QED) is 0.794. The first-order chi connectivity index (χ1) is 14.6. The zero-order chi connectivity index (χ0) is 21.0. The minimum atomic E-state index is -0.0535. The van der Waals surface area contributed by atoms with Crippen molar-refractivity contribution in [2.75, 3.05) is 19.6 Å². The van der Waals surface area contributed by atoms with E-state index in [0.717, 1.165) is 6.54 Å². The van der Waals surface area contributed by atoms with E-state index in [2.05, 4.69) is 15.2 Å². The van der Waals surface area contributed by atoms with Crippen molar-refractivity contribution >= 4 is 16.8 Å². The molecule has 1 amide bonds. The molecule has 1 aromatic heterocycles. The number of aryl methyl sites for hydroxylation is 1. The van der Waals surface area contributed by atoms with Crippen LogP contribution in [-0.2, 0) is 18.3 Å². The molecule has 1 N–H and O–H groups in total. The van der Waals surface area contributed by atoms with Crippen LogP contribution in [0, 0.1) is 0 Å². The van der Waals surface area contributed by atoms with Gasteiger partial charge >= 0.3 is 0 Å². The van der Waals surface area contributed by atoms with Crippen molar-refractivity contribution < 1.29 is 4.79 Å². The molecular weight excluding hydrogens is 376 g/mol. The molecule has 30 heavy (non-hydrogen) atoms. The van der Waals surface area contributed by atoms with E-state index in [1.165, 1.54) is 64.5 Å². The van der Waals surface area contributed by atoms with Gasteiger partial charge in [0.2, 0.25) is 5.91 Å². The number of benzene rings is 1. The molecule has 1 saturated carbocycles. The van der Waals surface area contributed by atoms with Gasteiger partial charge in [-0.05, 0) is 50.9 Å². The Morgan fingerprint density at radius 2 is 1.77 bits per heavy atom. The van der Waals surface area contributed by atoms with Gasteiger partial charge in [0.05, 0.1) is 10.9 Å². The summed E-state index contributed by atoms with van der Waals surface area (Å²) in [5, 5.41) is 3.86. The summed E-state index contributed by atoms with van der Waals surface area (Å²) in [4.78, 5) is 32.5. The number of hydrogen-bond donors (Lipinski definition) is 1. The van der Waals surface area contributed by atoms with Crippen LogP contribution in [0.25, 0.3) is 10.9 Å². The molecule has 1 saturated heterocycles. The van der Waals surface area contributed by atoms with Crippen molar-refractivity contribution in [1.29, 1.82) is 0 Å². The van der Waals surface area contributed by atoms with Crippen LogP contribution in [0.4, 0.5) is 0 Å². The Morgan fingerprint density at radius 1 is 1.07 bits per heavy atom. The molecule has 1 aliphatic heterocycles. The number of carbonyl (C=O) groups excluding carboxylic acids is 1. The second kappa shape index (κ2) is 9.29. The summed E-state index contributed by atoms with van der Waals surface area (Å²) in [6.45, 7) is 3.08. The lowest BCUT2D eigenvalue weighted by Crippen LogP contribution is -2.58. The number of hydrogen-bond acceptors (Lipinski definition) is 4. The Hall–Kier alpha value is -2.21. The van der Waals surface area contributed by atoms with Crippen LogP contribution in [0.15, 0.2) is 29.1 Å². The number of nitrogens with one attached hydrogen (secondary N) is 1. The average molecular weight is 411 g/mol. The number of piperidine rings is 1. The van der Waals surface area contributed by atoms with Crippen LogP contribution in [0.2, 0.25) is 0 Å². The van der Waals surface area contributed by atoms with Crippen LogP contribution in [0.3, 0.4) is 0 Å². The molecule has 2 heterocycles. The van der Waals surface area contributed by atoms with E-state index in [9.17, 15) is 9.59 Å². The first-order valence-corrected chi connectivity index (χ1v) is 11.6. The molecule has 0 radical (unpaired) electrons. The van der Waals surface area contributed by atoms with Crippen molar-refractivity contribution in [3.8, 4) is 0 Å². The summed E-state index contributed by atoms with van der Waals surface area (Å²) in [5.74, 6) is 0.719. The standard InChI is InChI=1S/C24H34N4O2/c1-27-21(26-20-11-5-4-10-19(20)23(27)30)12-13-22(29)25-18-24(14-6-2-7-15-24)28-16-8-3-9-17-28/h4-5,10-11H,2-3,6-9,12-18H2,1H3,(H,25,29). The Kier molecular flexibility index (Phi) is 6.52. The van der Waals surface area contributed by atoms with Crippen LogP contribution in [-0.4, -0.2) is 45.5 Å². The van der Waals surface area contributed by atoms with E-state index in [-0.39, 0.29) is 17.0 Å². The summed E-state index contributed by atoms with van der Waals surface area (Å²) < 4.78 is 1.58. The van der Waals surface area contributed by atoms with Crippen LogP contribution in [0.5, 0.6) is 0 Å². The lowest BCUT2D eigenvalue weighted by atomic mass is 9.79. The summed E-state index contributed by atoms with van der Waals surface area (Å²) >= 11 is 0. The second-order valence-corrected chi connectivity index (χ2v) is 9.02. The lowest BCUT2D eigenvalue weighted by Gasteiger charge is -2.48. The Bertz CT molecular complexity index is 940. The van der Waals surface area contributed by atoms with E-state index in [0.29, 0.717) is 29.6 Å². The van der Waals surface area contributed by atoms with Crippen molar-refractivity contribution in [3.05, 3.63) is 40.4 Å². The topological polar surface area (TPSA) is 67.2 Å². The number of fused-ring (bicyclic) bond motifs is 1. The molecule has 1 aliphatic carbocycles. The third-order valence-electron chi connectivity index (χ3n) is 7.08. The summed E-state index contributed by atoms with van der Waals surface area (Å²) in [6, 6.07) is 7.38. The highest BCUT2D eigenvalue weighted by Crippen LogP contribution is 2.35. The van der Waals surface area contributed by atoms with Gasteiger partial charge in [-0.15, -0.1) is 0 Å². The average Bonchev–Trinajstić information content (AvgIpc) is 2.80. The normalized spacial score (nSPS) is 19.6. The van der Waals surface area contributed by atoms with Crippen LogP contribution >= 0.6 is 0 Å². The highest BCUT2D eigenvalue weighted by molar-refractivity contribution is 5.78. The number of aromatic nitrogens is 2. The lowest BCUT2D eigenvalue weighted by molar-refractivity contribution is -0.122. The fourth-order valence-electron chi connectivity index (χ4n) is 5.25. The van der Waals surface area contributed by atoms with Gasteiger partial charge in [0.1, 0.15) is 5.82 Å². The van der Waals surface area contributed by atoms with Gasteiger partial charge in [0, 0.05) is 32.0 Å². The largest absolute Gasteiger partial charge is 0.354 e. The summed E-state index contributed by atoms with van der Waals surface area (Å²) in [6.07, 6.45) is 10.9. The van der Waals surface area contributed by atoms with E-state index in [4.69, 9.17) is 0 Å². The maximum absolute atomic E-state index is 12.7. The minimum Gasteiger partial charge on any atom is -0.354 e. The monoisotopic (exact) mass is 410 g/mol. The Morgan fingerprint density at radius 3 is 2.53 bits per heavy atom. The van der Waals surface area contributed by atoms with Gasteiger partial charge in [-0.25, -0.2) is 4.98 Å². The third-order valence-corrected chi connectivity index (χ3v) is 7.08. The van der Waals surface area contributed by atoms with E-state index < -0.39 is 0 Å². The summed E-state index contributed by atoms with van der Waals surface area (Å²) in [7, 11) is 1.74. The molecule has 6 heteroatoms. The number of likely N-dealkylation sites (tertiary alicyclic amines) is 1. The fourth-order valence-corrected chi connectivity index (χ4v) is 5.25. The first kappa shape index (κ1) is 21.0. The van der Waals surface area contributed by atoms with Gasteiger partial charge in [0.15, 0.2) is 0 Å². The molecule has 4 rings (SSSR count). The molecule has 2 aliphatic rings. The fraction of sp³-hybridized carbons (Fsp3) is 0.625. The first-order valence-electron chi connectivity index (χ1n) is 11.6. The molecular formula is C24H34N4O2. The highest BCUT2D eigenvalue weighted by Gasteiger charge is 2.38. The van der Waals surface area contributed by atoms with Crippen LogP contribution < -0.4 is 10.9 Å². The number of nitrogens with zero attached hydrogens (tertiary/aromatic N) is 3. The van der Waals surface area contributed by atoms with Gasteiger partial charge in [-0.1, -0.05) is 37.8 Å². The highest BCUT2D eigenvalue weighted by atomic mass is 16.1. The number of carbonyl (C=O) groups is 1. The Labute approximate surface area is 178 Å². The number of amides is 1. The predicted molar refractivity (Wildman–Crippen MR) is 120 cm³/mol. The van der Waals surface area contributed by atoms with Gasteiger partial charge in [0.25, 0.3) is 5.56 Å². The third kappa shape index (κ3) is 4.43. The van der Waals surface area contributed by atoms with E-state index in [1.807, 2.05) is 18.2 Å². The molecule has 0 atom stereocenters. The SMILES string of the molecule is Cn1c(CCC(=O)NCC2(N3CCCCC3)CCCCC2)nc2ccccc2c1=O. The van der Waals surface area contributed by atoms with Crippen molar-refractivity contribution in [2.24, 2.45) is 7.05 Å². The molecule has 162 valence electrons. The van der Waals surface area contributed by atoms with E-state index >= 15 is 0 Å². The molecule has 6 nitrogen and oxygen atoms in total. The maximum atomic E-state index is 12.7. The van der Waals surface area contributed by atoms with Gasteiger partial charge in [-0.2, -0.15) is 0 Å². The predicted octanol–water partition coefficient (Wildman–Crippen LogP) is 3.17. The number of para-hydroxylation sites is 1. The van der Waals surface area contributed by atoms with Crippen LogP contribution in [0.1, 0.15) is 63.6 Å². The zero-order valence-electron chi connectivity index (χ0n) is 18.2. The number of rotatable bonds is 6. The summed E-state index contributed by atoms with van der Waals surface area (Å²) in [5.41, 5.74) is 0.784. The molecule has 2 aromatic rings. The van der Waals surface area contributed by atoms with Crippen molar-refractivity contribution in [2.45, 2.75) is 69.7 Å². The van der Waals surface area contributed by atoms with Gasteiger partial charge in [-0.3, -0.25) is 19.1 Å². The maximum Gasteiger partial charge on any atom is 0.261 e. The molecule has 2 fully saturated rings. The smallest absolute Gasteiger partial charge is 0.261 e. The molecule has 0 unspecified atom stereocenters. The molecule has 1 aromatic carbocycles.